The molecule has 1 saturated heterocycles. The van der Waals surface area contributed by atoms with Crippen molar-refractivity contribution in [1.29, 1.82) is 0 Å². The summed E-state index contributed by atoms with van der Waals surface area (Å²) in [4.78, 5) is 18.9. The molecule has 0 aliphatic carbocycles. The monoisotopic (exact) mass is 326 g/mol. The van der Waals surface area contributed by atoms with Crippen LogP contribution in [0.25, 0.3) is 11.2 Å². The molecule has 2 aliphatic rings. The number of hydrogen-bond donors (Lipinski definition) is 0. The lowest BCUT2D eigenvalue weighted by Crippen LogP contribution is -2.45. The number of carbonyl (C=O) groups excluding carboxylic acids is 1. The maximum Gasteiger partial charge on any atom is 0.411 e. The second-order valence-electron chi connectivity index (χ2n) is 7.53. The predicted molar refractivity (Wildman–Crippen MR) is 90.5 cm³/mol. The van der Waals surface area contributed by atoms with Crippen molar-refractivity contribution in [2.24, 2.45) is 0 Å². The van der Waals surface area contributed by atoms with E-state index < -0.39 is 5.60 Å². The van der Waals surface area contributed by atoms with Gasteiger partial charge in [-0.25, -0.2) is 14.3 Å². The van der Waals surface area contributed by atoms with Crippen LogP contribution in [0, 0.1) is 0 Å². The standard InChI is InChI=1S/C18H22N4O2/c1-18(2,3)24-17(23)22-13-5-6-14(22)10-12(9-13)15-11-20-21-8-4-7-19-16(15)21/h4,7-9,11,13-14H,5-6,10H2,1-3H3. The molecule has 24 heavy (non-hydrogen) atoms. The first-order chi connectivity index (χ1) is 11.4. The van der Waals surface area contributed by atoms with Gasteiger partial charge in [0.2, 0.25) is 0 Å². The number of nitrogens with zero attached hydrogens (tertiary/aromatic N) is 4. The van der Waals surface area contributed by atoms with Crippen LogP contribution in [0.1, 0.15) is 45.6 Å². The number of aromatic nitrogens is 3. The largest absolute Gasteiger partial charge is 0.444 e. The Kier molecular flexibility index (Phi) is 3.37. The number of carbonyl (C=O) groups is 1. The Morgan fingerprint density at radius 3 is 2.92 bits per heavy atom. The van der Waals surface area contributed by atoms with Crippen LogP contribution in [0.4, 0.5) is 4.79 Å². The number of hydrogen-bond acceptors (Lipinski definition) is 4. The molecule has 0 radical (unpaired) electrons. The lowest BCUT2D eigenvalue weighted by atomic mass is 9.97. The topological polar surface area (TPSA) is 59.7 Å². The molecule has 1 amide bonds. The van der Waals surface area contributed by atoms with Gasteiger partial charge in [0.15, 0.2) is 5.65 Å². The quantitative estimate of drug-likeness (QED) is 0.807. The number of ether oxygens (including phenoxy) is 1. The third-order valence-electron chi connectivity index (χ3n) is 4.63. The summed E-state index contributed by atoms with van der Waals surface area (Å²) in [6, 6.07) is 2.17. The van der Waals surface area contributed by atoms with Crippen molar-refractivity contribution in [1.82, 2.24) is 19.5 Å². The van der Waals surface area contributed by atoms with Crippen molar-refractivity contribution in [2.45, 2.75) is 57.7 Å². The van der Waals surface area contributed by atoms with E-state index in [2.05, 4.69) is 16.2 Å². The van der Waals surface area contributed by atoms with Gasteiger partial charge in [0, 0.05) is 24.0 Å². The molecule has 1 fully saturated rings. The minimum absolute atomic E-state index is 0.104. The molecular weight excluding hydrogens is 304 g/mol. The molecule has 2 atom stereocenters. The zero-order valence-electron chi connectivity index (χ0n) is 14.3. The highest BCUT2D eigenvalue weighted by molar-refractivity contribution is 5.79. The Labute approximate surface area is 141 Å². The average Bonchev–Trinajstić information content (AvgIpc) is 3.05. The second-order valence-corrected chi connectivity index (χ2v) is 7.53. The first kappa shape index (κ1) is 15.2. The molecular formula is C18H22N4O2. The summed E-state index contributed by atoms with van der Waals surface area (Å²) in [6.07, 6.45) is 10.4. The van der Waals surface area contributed by atoms with Gasteiger partial charge in [0.1, 0.15) is 5.60 Å². The van der Waals surface area contributed by atoms with Crippen LogP contribution in [0.15, 0.2) is 30.7 Å². The van der Waals surface area contributed by atoms with E-state index in [1.807, 2.05) is 44.1 Å². The van der Waals surface area contributed by atoms with E-state index >= 15 is 0 Å². The van der Waals surface area contributed by atoms with E-state index in [0.29, 0.717) is 0 Å². The number of rotatable bonds is 1. The van der Waals surface area contributed by atoms with Crippen LogP contribution in [-0.4, -0.2) is 43.3 Å². The maximum atomic E-state index is 12.5. The van der Waals surface area contributed by atoms with E-state index in [-0.39, 0.29) is 18.2 Å². The molecule has 2 aromatic rings. The highest BCUT2D eigenvalue weighted by atomic mass is 16.6. The van der Waals surface area contributed by atoms with Crippen LogP contribution in [0.2, 0.25) is 0 Å². The lowest BCUT2D eigenvalue weighted by molar-refractivity contribution is 0.0175. The normalized spacial score (nSPS) is 23.5. The molecule has 2 unspecified atom stereocenters. The summed E-state index contributed by atoms with van der Waals surface area (Å²) in [5.74, 6) is 0. The Balaban J connectivity index is 1.63. The second kappa shape index (κ2) is 5.33. The maximum absolute atomic E-state index is 12.5. The van der Waals surface area contributed by atoms with Gasteiger partial charge in [-0.1, -0.05) is 6.08 Å². The Bertz CT molecular complexity index is 818. The highest BCUT2D eigenvalue weighted by Gasteiger charge is 2.42. The summed E-state index contributed by atoms with van der Waals surface area (Å²) < 4.78 is 7.37. The minimum atomic E-state index is -0.465. The molecule has 0 spiro atoms. The average molecular weight is 326 g/mol. The van der Waals surface area contributed by atoms with E-state index in [4.69, 9.17) is 4.74 Å². The molecule has 2 aromatic heterocycles. The van der Waals surface area contributed by atoms with E-state index in [1.54, 1.807) is 10.7 Å². The van der Waals surface area contributed by atoms with Crippen LogP contribution in [-0.2, 0) is 4.74 Å². The molecule has 2 aliphatic heterocycles. The number of fused-ring (bicyclic) bond motifs is 3. The van der Waals surface area contributed by atoms with Gasteiger partial charge < -0.3 is 4.74 Å². The van der Waals surface area contributed by atoms with Crippen LogP contribution in [0.3, 0.4) is 0 Å². The van der Waals surface area contributed by atoms with Gasteiger partial charge in [-0.05, 0) is 51.7 Å². The smallest absolute Gasteiger partial charge is 0.411 e. The van der Waals surface area contributed by atoms with Crippen molar-refractivity contribution in [3.63, 3.8) is 0 Å². The lowest BCUT2D eigenvalue weighted by Gasteiger charge is -2.35. The molecule has 126 valence electrons. The SMILES string of the molecule is CC(C)(C)OC(=O)N1C2C=C(c3cnn4cccnc34)CC1CC2. The first-order valence-corrected chi connectivity index (χ1v) is 8.43. The summed E-state index contributed by atoms with van der Waals surface area (Å²) in [5, 5.41) is 4.38. The fourth-order valence-corrected chi connectivity index (χ4v) is 3.68. The summed E-state index contributed by atoms with van der Waals surface area (Å²) in [5.41, 5.74) is 2.70. The fourth-order valence-electron chi connectivity index (χ4n) is 3.68. The number of amides is 1. The summed E-state index contributed by atoms with van der Waals surface area (Å²) in [7, 11) is 0. The third kappa shape index (κ3) is 2.56. The zero-order valence-corrected chi connectivity index (χ0v) is 14.3. The van der Waals surface area contributed by atoms with Gasteiger partial charge in [0.25, 0.3) is 0 Å². The van der Waals surface area contributed by atoms with Gasteiger partial charge >= 0.3 is 6.09 Å². The zero-order chi connectivity index (χ0) is 16.9. The summed E-state index contributed by atoms with van der Waals surface area (Å²) >= 11 is 0. The molecule has 6 nitrogen and oxygen atoms in total. The molecule has 0 saturated carbocycles. The molecule has 4 rings (SSSR count). The first-order valence-electron chi connectivity index (χ1n) is 8.43. The van der Waals surface area contributed by atoms with Crippen molar-refractivity contribution >= 4 is 17.3 Å². The van der Waals surface area contributed by atoms with Gasteiger partial charge in [0.05, 0.1) is 12.2 Å². The third-order valence-corrected chi connectivity index (χ3v) is 4.63. The van der Waals surface area contributed by atoms with E-state index in [0.717, 1.165) is 30.5 Å². The van der Waals surface area contributed by atoms with Gasteiger partial charge in [-0.3, -0.25) is 4.90 Å². The molecule has 0 aromatic carbocycles. The van der Waals surface area contributed by atoms with Gasteiger partial charge in [-0.2, -0.15) is 5.10 Å². The minimum Gasteiger partial charge on any atom is -0.444 e. The van der Waals surface area contributed by atoms with E-state index in [9.17, 15) is 4.79 Å². The Hall–Kier alpha value is -2.37. The van der Waals surface area contributed by atoms with Crippen molar-refractivity contribution in [3.05, 3.63) is 36.3 Å². The van der Waals surface area contributed by atoms with Crippen molar-refractivity contribution in [3.8, 4) is 0 Å². The Morgan fingerprint density at radius 2 is 2.17 bits per heavy atom. The summed E-state index contributed by atoms with van der Waals surface area (Å²) in [6.45, 7) is 5.72. The molecule has 6 heteroatoms. The predicted octanol–water partition coefficient (Wildman–Crippen LogP) is 3.28. The van der Waals surface area contributed by atoms with Crippen LogP contribution in [0.5, 0.6) is 0 Å². The van der Waals surface area contributed by atoms with Gasteiger partial charge in [-0.15, -0.1) is 0 Å². The van der Waals surface area contributed by atoms with Crippen LogP contribution >= 0.6 is 0 Å². The van der Waals surface area contributed by atoms with E-state index in [1.165, 1.54) is 5.57 Å². The highest BCUT2D eigenvalue weighted by Crippen LogP contribution is 2.39. The fraction of sp³-hybridized carbons (Fsp3) is 0.500. The molecule has 0 N–H and O–H groups in total. The van der Waals surface area contributed by atoms with Crippen LogP contribution < -0.4 is 0 Å². The van der Waals surface area contributed by atoms with Crippen molar-refractivity contribution in [2.75, 3.05) is 0 Å². The molecule has 4 heterocycles. The Morgan fingerprint density at radius 1 is 1.33 bits per heavy atom. The van der Waals surface area contributed by atoms with Crippen molar-refractivity contribution < 1.29 is 9.53 Å². The molecule has 2 bridgehead atoms.